The van der Waals surface area contributed by atoms with E-state index in [1.807, 2.05) is 44.2 Å². The number of hydrogen-bond donors (Lipinski definition) is 1. The van der Waals surface area contributed by atoms with Crippen molar-refractivity contribution < 1.29 is 19.4 Å². The Morgan fingerprint density at radius 1 is 1.19 bits per heavy atom. The van der Waals surface area contributed by atoms with Crippen molar-refractivity contribution in [2.45, 2.75) is 26.7 Å². The fourth-order valence-electron chi connectivity index (χ4n) is 2.78. The molecular weight excluding hydrogens is 340 g/mol. The van der Waals surface area contributed by atoms with Crippen molar-refractivity contribution in [2.75, 3.05) is 14.2 Å². The summed E-state index contributed by atoms with van der Waals surface area (Å²) in [6.07, 6.45) is 4.87. The zero-order chi connectivity index (χ0) is 20.0. The fraction of sp³-hybridized carbons (Fsp3) is 0.261. The number of allylic oxidation sites excluding steroid dienone is 1. The topological polar surface area (TPSA) is 55.8 Å². The molecule has 0 aliphatic carbocycles. The highest BCUT2D eigenvalue weighted by Crippen LogP contribution is 2.37. The van der Waals surface area contributed by atoms with E-state index in [1.54, 1.807) is 19.3 Å². The van der Waals surface area contributed by atoms with Crippen LogP contribution in [0.15, 0.2) is 42.5 Å². The highest BCUT2D eigenvalue weighted by molar-refractivity contribution is 5.98. The predicted octanol–water partition coefficient (Wildman–Crippen LogP) is 5.17. The average molecular weight is 366 g/mol. The maximum Gasteiger partial charge on any atom is 0.342 e. The molecule has 2 aromatic rings. The molecular formula is C23H26O4. The number of rotatable bonds is 7. The lowest BCUT2D eigenvalue weighted by atomic mass is 9.96. The summed E-state index contributed by atoms with van der Waals surface area (Å²) < 4.78 is 10.3. The first kappa shape index (κ1) is 20.3. The molecule has 0 spiro atoms. The van der Waals surface area contributed by atoms with E-state index in [-0.39, 0.29) is 11.3 Å². The monoisotopic (exact) mass is 366 g/mol. The van der Waals surface area contributed by atoms with Crippen molar-refractivity contribution >= 4 is 18.1 Å². The van der Waals surface area contributed by atoms with Gasteiger partial charge in [-0.2, -0.15) is 0 Å². The van der Waals surface area contributed by atoms with Gasteiger partial charge in [0, 0.05) is 5.56 Å². The second-order valence-electron chi connectivity index (χ2n) is 6.56. The lowest BCUT2D eigenvalue weighted by Gasteiger charge is -2.16. The Kier molecular flexibility index (Phi) is 6.83. The van der Waals surface area contributed by atoms with Gasteiger partial charge in [-0.05, 0) is 43.9 Å². The molecule has 0 saturated carbocycles. The van der Waals surface area contributed by atoms with E-state index in [1.165, 1.54) is 12.7 Å². The number of hydrogen-bond acceptors (Lipinski definition) is 4. The number of phenols is 1. The minimum atomic E-state index is -0.588. The van der Waals surface area contributed by atoms with E-state index in [2.05, 4.69) is 6.58 Å². The molecule has 0 saturated heterocycles. The summed E-state index contributed by atoms with van der Waals surface area (Å²) in [6, 6.07) is 9.76. The number of carbonyl (C=O) groups is 1. The zero-order valence-corrected chi connectivity index (χ0v) is 16.3. The first-order valence-electron chi connectivity index (χ1n) is 8.77. The van der Waals surface area contributed by atoms with Gasteiger partial charge in [0.25, 0.3) is 0 Å². The highest BCUT2D eigenvalue weighted by Gasteiger charge is 2.22. The average Bonchev–Trinajstić information content (AvgIpc) is 2.65. The Bertz CT molecular complexity index is 861. The van der Waals surface area contributed by atoms with Gasteiger partial charge in [0.05, 0.1) is 14.2 Å². The first-order chi connectivity index (χ1) is 12.9. The van der Waals surface area contributed by atoms with Gasteiger partial charge in [0.1, 0.15) is 17.1 Å². The molecule has 2 rings (SSSR count). The van der Waals surface area contributed by atoms with Crippen LogP contribution in [0, 0.1) is 6.92 Å². The molecule has 142 valence electrons. The van der Waals surface area contributed by atoms with Crippen LogP contribution in [0.1, 0.15) is 46.0 Å². The maximum atomic E-state index is 12.3. The molecule has 0 fully saturated rings. The second kappa shape index (κ2) is 9.08. The van der Waals surface area contributed by atoms with Crippen LogP contribution in [0.4, 0.5) is 0 Å². The molecule has 2 aromatic carbocycles. The number of methoxy groups -OCH3 is 2. The van der Waals surface area contributed by atoms with Crippen molar-refractivity contribution in [1.29, 1.82) is 0 Å². The van der Waals surface area contributed by atoms with E-state index in [0.717, 1.165) is 11.1 Å². The van der Waals surface area contributed by atoms with Gasteiger partial charge in [-0.15, -0.1) is 6.58 Å². The number of aryl methyl sites for hydroxylation is 1. The minimum Gasteiger partial charge on any atom is -0.507 e. The van der Waals surface area contributed by atoms with Crippen LogP contribution in [0.2, 0.25) is 0 Å². The molecule has 1 N–H and O–H groups in total. The van der Waals surface area contributed by atoms with Gasteiger partial charge < -0.3 is 14.6 Å². The van der Waals surface area contributed by atoms with E-state index in [4.69, 9.17) is 9.47 Å². The second-order valence-corrected chi connectivity index (χ2v) is 6.56. The Hall–Kier alpha value is -3.01. The SMILES string of the molecule is C=C(C)CCc1c(OC)cc(C=Cc2ccc(C)cc2)c(C(=O)OC)c1O. The normalized spacial score (nSPS) is 10.8. The number of esters is 1. The van der Waals surface area contributed by atoms with Crippen molar-refractivity contribution in [3.8, 4) is 11.5 Å². The quantitative estimate of drug-likeness (QED) is 0.417. The van der Waals surface area contributed by atoms with Crippen LogP contribution >= 0.6 is 0 Å². The number of ether oxygens (including phenoxy) is 2. The third-order valence-electron chi connectivity index (χ3n) is 4.34. The largest absolute Gasteiger partial charge is 0.507 e. The molecule has 4 nitrogen and oxygen atoms in total. The fourth-order valence-corrected chi connectivity index (χ4v) is 2.78. The molecule has 0 aromatic heterocycles. The maximum absolute atomic E-state index is 12.3. The molecule has 0 amide bonds. The third kappa shape index (κ3) is 5.00. The lowest BCUT2D eigenvalue weighted by molar-refractivity contribution is 0.0597. The van der Waals surface area contributed by atoms with Crippen molar-refractivity contribution in [2.24, 2.45) is 0 Å². The van der Waals surface area contributed by atoms with E-state index in [0.29, 0.717) is 29.7 Å². The highest BCUT2D eigenvalue weighted by atomic mass is 16.5. The molecule has 0 bridgehead atoms. The lowest BCUT2D eigenvalue weighted by Crippen LogP contribution is -2.07. The summed E-state index contributed by atoms with van der Waals surface area (Å²) in [4.78, 5) is 12.3. The molecule has 0 aliphatic rings. The Morgan fingerprint density at radius 3 is 2.41 bits per heavy atom. The van der Waals surface area contributed by atoms with Crippen LogP contribution in [0.25, 0.3) is 12.2 Å². The summed E-state index contributed by atoms with van der Waals surface area (Å²) in [5, 5.41) is 10.8. The van der Waals surface area contributed by atoms with E-state index < -0.39 is 5.97 Å². The van der Waals surface area contributed by atoms with E-state index >= 15 is 0 Å². The number of aromatic hydroxyl groups is 1. The van der Waals surface area contributed by atoms with Crippen LogP contribution in [-0.2, 0) is 11.2 Å². The Morgan fingerprint density at radius 2 is 1.85 bits per heavy atom. The van der Waals surface area contributed by atoms with Gasteiger partial charge in [0.15, 0.2) is 0 Å². The molecule has 4 heteroatoms. The van der Waals surface area contributed by atoms with Crippen LogP contribution in [0.5, 0.6) is 11.5 Å². The Balaban J connectivity index is 2.54. The number of benzene rings is 2. The predicted molar refractivity (Wildman–Crippen MR) is 109 cm³/mol. The van der Waals surface area contributed by atoms with Gasteiger partial charge in [-0.25, -0.2) is 4.79 Å². The standard InChI is InChI=1S/C23H26O4/c1-15(2)6-13-19-20(26-4)14-18(21(22(19)24)23(25)27-5)12-11-17-9-7-16(3)8-10-17/h7-12,14,24H,1,6,13H2,2-5H3. The van der Waals surface area contributed by atoms with Crippen molar-refractivity contribution in [1.82, 2.24) is 0 Å². The smallest absolute Gasteiger partial charge is 0.342 e. The number of phenolic OH excluding ortho intramolecular Hbond substituents is 1. The van der Waals surface area contributed by atoms with Gasteiger partial charge in [-0.3, -0.25) is 0 Å². The molecule has 27 heavy (non-hydrogen) atoms. The molecule has 0 aliphatic heterocycles. The minimum absolute atomic E-state index is 0.106. The first-order valence-corrected chi connectivity index (χ1v) is 8.77. The van der Waals surface area contributed by atoms with Crippen LogP contribution in [0.3, 0.4) is 0 Å². The Labute approximate surface area is 160 Å². The van der Waals surface area contributed by atoms with Crippen LogP contribution < -0.4 is 4.74 Å². The summed E-state index contributed by atoms with van der Waals surface area (Å²) in [6.45, 7) is 7.83. The summed E-state index contributed by atoms with van der Waals surface area (Å²) >= 11 is 0. The van der Waals surface area contributed by atoms with Gasteiger partial charge in [-0.1, -0.05) is 47.6 Å². The zero-order valence-electron chi connectivity index (χ0n) is 16.3. The molecule has 0 unspecified atom stereocenters. The van der Waals surface area contributed by atoms with Gasteiger partial charge in [0.2, 0.25) is 0 Å². The van der Waals surface area contributed by atoms with Crippen molar-refractivity contribution in [3.63, 3.8) is 0 Å². The summed E-state index contributed by atoms with van der Waals surface area (Å²) in [5.74, 6) is -0.161. The van der Waals surface area contributed by atoms with Gasteiger partial charge >= 0.3 is 5.97 Å². The third-order valence-corrected chi connectivity index (χ3v) is 4.34. The van der Waals surface area contributed by atoms with E-state index in [9.17, 15) is 9.90 Å². The molecule has 0 radical (unpaired) electrons. The van der Waals surface area contributed by atoms with Crippen molar-refractivity contribution in [3.05, 3.63) is 70.3 Å². The molecule has 0 atom stereocenters. The summed E-state index contributed by atoms with van der Waals surface area (Å²) in [5.41, 5.74) is 4.40. The summed E-state index contributed by atoms with van der Waals surface area (Å²) in [7, 11) is 2.84. The van der Waals surface area contributed by atoms with Crippen LogP contribution in [-0.4, -0.2) is 25.3 Å². The number of carbonyl (C=O) groups excluding carboxylic acids is 1. The molecule has 0 heterocycles.